The fourth-order valence-corrected chi connectivity index (χ4v) is 2.30. The Hall–Kier alpha value is -1.07. The van der Waals surface area contributed by atoms with Crippen LogP contribution < -0.4 is 0 Å². The van der Waals surface area contributed by atoms with Crippen LogP contribution in [0.1, 0.15) is 15.4 Å². The highest BCUT2D eigenvalue weighted by Crippen LogP contribution is 2.12. The van der Waals surface area contributed by atoms with Crippen LogP contribution in [0.2, 0.25) is 0 Å². The number of thiophene rings is 1. The van der Waals surface area contributed by atoms with Crippen molar-refractivity contribution in [1.82, 2.24) is 4.98 Å². The highest BCUT2D eigenvalue weighted by atomic mass is 79.9. The van der Waals surface area contributed by atoms with E-state index in [1.165, 1.54) is 4.88 Å². The quantitative estimate of drug-likeness (QED) is 0.881. The normalized spacial score (nSPS) is 10.3. The number of aromatic nitrogens is 1. The highest BCUT2D eigenvalue weighted by molar-refractivity contribution is 9.10. The van der Waals surface area contributed by atoms with Crippen LogP contribution in [-0.2, 0) is 11.2 Å². The van der Waals surface area contributed by atoms with E-state index in [0.717, 1.165) is 10.9 Å². The third kappa shape index (κ3) is 2.96. The summed E-state index contributed by atoms with van der Waals surface area (Å²) >= 11 is 4.93. The summed E-state index contributed by atoms with van der Waals surface area (Å²) in [6.45, 7) is 0.413. The van der Waals surface area contributed by atoms with Gasteiger partial charge in [-0.15, -0.1) is 11.3 Å². The first kappa shape index (κ1) is 11.4. The molecule has 0 radical (unpaired) electrons. The van der Waals surface area contributed by atoms with E-state index in [2.05, 4.69) is 20.9 Å². The van der Waals surface area contributed by atoms with Gasteiger partial charge in [-0.05, 0) is 33.4 Å². The molecule has 0 aliphatic heterocycles. The molecular formula is C11H10BrNO2S. The Morgan fingerprint density at radius 2 is 2.44 bits per heavy atom. The zero-order valence-electron chi connectivity index (χ0n) is 8.40. The average Bonchev–Trinajstić information content (AvgIpc) is 2.89. The fourth-order valence-electron chi connectivity index (χ4n) is 1.26. The standard InChI is InChI=1S/C11H10BrNO2S/c12-8-6-10(13-7-8)11(14)15-4-3-9-2-1-5-16-9/h1-2,5-7,13H,3-4H2. The van der Waals surface area contributed by atoms with Gasteiger partial charge in [0.05, 0.1) is 6.61 Å². The van der Waals surface area contributed by atoms with Gasteiger partial charge in [-0.3, -0.25) is 0 Å². The van der Waals surface area contributed by atoms with Gasteiger partial charge in [-0.25, -0.2) is 4.79 Å². The minimum atomic E-state index is -0.317. The number of hydrogen-bond acceptors (Lipinski definition) is 3. The van der Waals surface area contributed by atoms with E-state index >= 15 is 0 Å². The Morgan fingerprint density at radius 1 is 1.56 bits per heavy atom. The molecule has 5 heteroatoms. The van der Waals surface area contributed by atoms with Crippen LogP contribution in [0.15, 0.2) is 34.2 Å². The average molecular weight is 300 g/mol. The SMILES string of the molecule is O=C(OCCc1cccs1)c1cc(Br)c[nH]1. The minimum absolute atomic E-state index is 0.317. The molecule has 0 spiro atoms. The lowest BCUT2D eigenvalue weighted by molar-refractivity contribution is 0.0504. The highest BCUT2D eigenvalue weighted by Gasteiger charge is 2.08. The largest absolute Gasteiger partial charge is 0.461 e. The molecule has 16 heavy (non-hydrogen) atoms. The van der Waals surface area contributed by atoms with Crippen molar-refractivity contribution in [2.45, 2.75) is 6.42 Å². The first-order chi connectivity index (χ1) is 7.75. The Labute approximate surface area is 106 Å². The molecule has 1 N–H and O–H groups in total. The molecule has 0 bridgehead atoms. The lowest BCUT2D eigenvalue weighted by Gasteiger charge is -2.01. The topological polar surface area (TPSA) is 42.1 Å². The summed E-state index contributed by atoms with van der Waals surface area (Å²) in [5.74, 6) is -0.317. The maximum absolute atomic E-state index is 11.5. The molecule has 0 aliphatic rings. The first-order valence-electron chi connectivity index (χ1n) is 4.79. The molecular weight excluding hydrogens is 290 g/mol. The second-order valence-corrected chi connectivity index (χ2v) is 5.14. The number of ether oxygens (including phenoxy) is 1. The fraction of sp³-hybridized carbons (Fsp3) is 0.182. The zero-order valence-corrected chi connectivity index (χ0v) is 10.8. The van der Waals surface area contributed by atoms with Gasteiger partial charge in [0, 0.05) is 22.0 Å². The van der Waals surface area contributed by atoms with Crippen molar-refractivity contribution in [3.8, 4) is 0 Å². The Bertz CT molecular complexity index is 464. The van der Waals surface area contributed by atoms with Crippen molar-refractivity contribution in [2.75, 3.05) is 6.61 Å². The van der Waals surface area contributed by atoms with Crippen LogP contribution in [0, 0.1) is 0 Å². The predicted octanol–water partition coefficient (Wildman–Crippen LogP) is 3.24. The van der Waals surface area contributed by atoms with E-state index in [9.17, 15) is 4.79 Å². The summed E-state index contributed by atoms with van der Waals surface area (Å²) in [6, 6.07) is 5.72. The number of esters is 1. The van der Waals surface area contributed by atoms with E-state index in [0.29, 0.717) is 12.3 Å². The number of halogens is 1. The van der Waals surface area contributed by atoms with Crippen LogP contribution >= 0.6 is 27.3 Å². The lowest BCUT2D eigenvalue weighted by Crippen LogP contribution is -2.07. The molecule has 3 nitrogen and oxygen atoms in total. The molecule has 0 saturated carbocycles. The third-order valence-corrected chi connectivity index (χ3v) is 3.42. The molecule has 2 aromatic rings. The van der Waals surface area contributed by atoms with Crippen molar-refractivity contribution in [2.24, 2.45) is 0 Å². The van der Waals surface area contributed by atoms with Crippen molar-refractivity contribution in [3.63, 3.8) is 0 Å². The summed E-state index contributed by atoms with van der Waals surface area (Å²) in [7, 11) is 0. The number of rotatable bonds is 4. The smallest absolute Gasteiger partial charge is 0.354 e. The lowest BCUT2D eigenvalue weighted by atomic mass is 10.3. The molecule has 2 rings (SSSR count). The summed E-state index contributed by atoms with van der Waals surface area (Å²) < 4.78 is 5.98. The Kier molecular flexibility index (Phi) is 3.79. The molecule has 0 atom stereocenters. The van der Waals surface area contributed by atoms with Crippen LogP contribution in [0.25, 0.3) is 0 Å². The van der Waals surface area contributed by atoms with Gasteiger partial charge in [0.2, 0.25) is 0 Å². The second-order valence-electron chi connectivity index (χ2n) is 3.20. The second kappa shape index (κ2) is 5.32. The Morgan fingerprint density at radius 3 is 3.06 bits per heavy atom. The number of aromatic amines is 1. The van der Waals surface area contributed by atoms with E-state index in [4.69, 9.17) is 4.74 Å². The van der Waals surface area contributed by atoms with Crippen LogP contribution in [0.3, 0.4) is 0 Å². The monoisotopic (exact) mass is 299 g/mol. The van der Waals surface area contributed by atoms with Gasteiger partial charge in [0.1, 0.15) is 5.69 Å². The molecule has 2 heterocycles. The van der Waals surface area contributed by atoms with Gasteiger partial charge in [0.25, 0.3) is 0 Å². The zero-order chi connectivity index (χ0) is 11.4. The predicted molar refractivity (Wildman–Crippen MR) is 66.8 cm³/mol. The maximum atomic E-state index is 11.5. The van der Waals surface area contributed by atoms with Gasteiger partial charge in [-0.2, -0.15) is 0 Å². The molecule has 0 fully saturated rings. The molecule has 0 unspecified atom stereocenters. The molecule has 0 amide bonds. The van der Waals surface area contributed by atoms with E-state index in [1.54, 1.807) is 23.6 Å². The van der Waals surface area contributed by atoms with Crippen LogP contribution in [-0.4, -0.2) is 17.6 Å². The van der Waals surface area contributed by atoms with Crippen molar-refractivity contribution < 1.29 is 9.53 Å². The molecule has 0 aliphatic carbocycles. The minimum Gasteiger partial charge on any atom is -0.461 e. The summed E-state index contributed by atoms with van der Waals surface area (Å²) in [6.07, 6.45) is 2.47. The number of carbonyl (C=O) groups is 1. The summed E-state index contributed by atoms with van der Waals surface area (Å²) in [5.41, 5.74) is 0.470. The molecule has 0 saturated heterocycles. The molecule has 0 aromatic carbocycles. The number of H-pyrrole nitrogens is 1. The van der Waals surface area contributed by atoms with E-state index in [-0.39, 0.29) is 5.97 Å². The van der Waals surface area contributed by atoms with Gasteiger partial charge in [-0.1, -0.05) is 6.07 Å². The van der Waals surface area contributed by atoms with Gasteiger partial charge in [0.15, 0.2) is 0 Å². The number of hydrogen-bond donors (Lipinski definition) is 1. The maximum Gasteiger partial charge on any atom is 0.354 e. The first-order valence-corrected chi connectivity index (χ1v) is 6.46. The van der Waals surface area contributed by atoms with E-state index < -0.39 is 0 Å². The summed E-state index contributed by atoms with van der Waals surface area (Å²) in [4.78, 5) is 15.6. The summed E-state index contributed by atoms with van der Waals surface area (Å²) in [5, 5.41) is 2.01. The van der Waals surface area contributed by atoms with Gasteiger partial charge < -0.3 is 9.72 Å². The van der Waals surface area contributed by atoms with Crippen LogP contribution in [0.4, 0.5) is 0 Å². The Balaban J connectivity index is 1.80. The van der Waals surface area contributed by atoms with E-state index in [1.807, 2.05) is 17.5 Å². The van der Waals surface area contributed by atoms with Crippen LogP contribution in [0.5, 0.6) is 0 Å². The van der Waals surface area contributed by atoms with Crippen molar-refractivity contribution >= 4 is 33.2 Å². The van der Waals surface area contributed by atoms with Crippen molar-refractivity contribution in [1.29, 1.82) is 0 Å². The molecule has 2 aromatic heterocycles. The van der Waals surface area contributed by atoms with Crippen molar-refractivity contribution in [3.05, 3.63) is 44.8 Å². The third-order valence-electron chi connectivity index (χ3n) is 2.03. The number of nitrogens with one attached hydrogen (secondary N) is 1. The molecule has 84 valence electrons. The van der Waals surface area contributed by atoms with Gasteiger partial charge >= 0.3 is 5.97 Å². The number of carbonyl (C=O) groups excluding carboxylic acids is 1.